The molecular formula is C14H9F2N3OS. The predicted molar refractivity (Wildman–Crippen MR) is 78.3 cm³/mol. The van der Waals surface area contributed by atoms with Crippen molar-refractivity contribution in [3.63, 3.8) is 0 Å². The highest BCUT2D eigenvalue weighted by molar-refractivity contribution is 7.22. The van der Waals surface area contributed by atoms with Crippen molar-refractivity contribution in [1.82, 2.24) is 4.98 Å². The maximum absolute atomic E-state index is 13.5. The first kappa shape index (κ1) is 13.4. The molecule has 3 N–H and O–H groups in total. The van der Waals surface area contributed by atoms with E-state index in [1.165, 1.54) is 11.3 Å². The summed E-state index contributed by atoms with van der Waals surface area (Å²) in [5, 5.41) is 2.74. The number of nitrogen functional groups attached to an aromatic ring is 1. The van der Waals surface area contributed by atoms with Gasteiger partial charge in [-0.05, 0) is 30.3 Å². The summed E-state index contributed by atoms with van der Waals surface area (Å²) in [5.41, 5.74) is 6.39. The van der Waals surface area contributed by atoms with Gasteiger partial charge in [0.15, 0.2) is 5.13 Å². The summed E-state index contributed by atoms with van der Waals surface area (Å²) in [4.78, 5) is 16.2. The molecule has 1 amide bonds. The summed E-state index contributed by atoms with van der Waals surface area (Å²) in [6, 6.07) is 7.68. The molecule has 106 valence electrons. The molecule has 0 unspecified atom stereocenters. The number of benzene rings is 2. The number of thiazole rings is 1. The fourth-order valence-corrected chi connectivity index (χ4v) is 2.64. The zero-order valence-corrected chi connectivity index (χ0v) is 11.4. The standard InChI is InChI=1S/C14H9F2N3OS/c15-8-2-3-9(16)11(6-8)18-13(20)7-1-4-10-12(5-7)21-14(17)19-10/h1-6H,(H2,17,19)(H,18,20). The second-order valence-electron chi connectivity index (χ2n) is 4.31. The van der Waals surface area contributed by atoms with Gasteiger partial charge in [-0.2, -0.15) is 0 Å². The topological polar surface area (TPSA) is 68.0 Å². The summed E-state index contributed by atoms with van der Waals surface area (Å²) in [6.07, 6.45) is 0. The van der Waals surface area contributed by atoms with E-state index in [1.807, 2.05) is 0 Å². The van der Waals surface area contributed by atoms with E-state index in [-0.39, 0.29) is 5.69 Å². The van der Waals surface area contributed by atoms with Crippen LogP contribution in [-0.2, 0) is 0 Å². The van der Waals surface area contributed by atoms with Crippen LogP contribution in [0.3, 0.4) is 0 Å². The molecule has 0 atom stereocenters. The molecule has 0 fully saturated rings. The van der Waals surface area contributed by atoms with Crippen LogP contribution in [0.1, 0.15) is 10.4 Å². The van der Waals surface area contributed by atoms with Gasteiger partial charge in [-0.25, -0.2) is 13.8 Å². The van der Waals surface area contributed by atoms with Gasteiger partial charge < -0.3 is 11.1 Å². The van der Waals surface area contributed by atoms with Gasteiger partial charge in [-0.15, -0.1) is 0 Å². The Kier molecular flexibility index (Phi) is 3.26. The minimum Gasteiger partial charge on any atom is -0.375 e. The van der Waals surface area contributed by atoms with E-state index in [4.69, 9.17) is 5.73 Å². The van der Waals surface area contributed by atoms with Crippen molar-refractivity contribution >= 4 is 38.3 Å². The average molecular weight is 305 g/mol. The summed E-state index contributed by atoms with van der Waals surface area (Å²) in [5.74, 6) is -1.86. The van der Waals surface area contributed by atoms with E-state index in [2.05, 4.69) is 10.3 Å². The van der Waals surface area contributed by atoms with Crippen molar-refractivity contribution in [3.05, 3.63) is 53.6 Å². The number of anilines is 2. The number of nitrogens with zero attached hydrogens (tertiary/aromatic N) is 1. The Hall–Kier alpha value is -2.54. The molecule has 0 radical (unpaired) electrons. The van der Waals surface area contributed by atoms with Gasteiger partial charge >= 0.3 is 0 Å². The second-order valence-corrected chi connectivity index (χ2v) is 5.38. The molecule has 0 saturated carbocycles. The van der Waals surface area contributed by atoms with Crippen LogP contribution < -0.4 is 11.1 Å². The zero-order valence-electron chi connectivity index (χ0n) is 10.6. The second kappa shape index (κ2) is 5.10. The fourth-order valence-electron chi connectivity index (χ4n) is 1.87. The van der Waals surface area contributed by atoms with Crippen molar-refractivity contribution in [1.29, 1.82) is 0 Å². The number of amides is 1. The van der Waals surface area contributed by atoms with Crippen LogP contribution in [0.2, 0.25) is 0 Å². The van der Waals surface area contributed by atoms with Crippen molar-refractivity contribution in [2.75, 3.05) is 11.1 Å². The quantitative estimate of drug-likeness (QED) is 0.762. The summed E-state index contributed by atoms with van der Waals surface area (Å²) in [7, 11) is 0. The minimum atomic E-state index is -0.701. The summed E-state index contributed by atoms with van der Waals surface area (Å²) in [6.45, 7) is 0. The maximum atomic E-state index is 13.5. The van der Waals surface area contributed by atoms with E-state index < -0.39 is 17.5 Å². The van der Waals surface area contributed by atoms with Crippen molar-refractivity contribution in [2.45, 2.75) is 0 Å². The van der Waals surface area contributed by atoms with E-state index in [1.54, 1.807) is 18.2 Å². The number of halogens is 2. The number of carbonyl (C=O) groups is 1. The van der Waals surface area contributed by atoms with Gasteiger partial charge in [0.2, 0.25) is 0 Å². The predicted octanol–water partition coefficient (Wildman–Crippen LogP) is 3.41. The van der Waals surface area contributed by atoms with Crippen LogP contribution in [0.25, 0.3) is 10.2 Å². The number of fused-ring (bicyclic) bond motifs is 1. The number of rotatable bonds is 2. The molecule has 7 heteroatoms. The number of nitrogens with two attached hydrogens (primary N) is 1. The van der Waals surface area contributed by atoms with Crippen LogP contribution >= 0.6 is 11.3 Å². The van der Waals surface area contributed by atoms with Crippen molar-refractivity contribution < 1.29 is 13.6 Å². The molecule has 0 aliphatic rings. The Balaban J connectivity index is 1.91. The highest BCUT2D eigenvalue weighted by atomic mass is 32.1. The fraction of sp³-hybridized carbons (Fsp3) is 0. The molecule has 0 saturated heterocycles. The lowest BCUT2D eigenvalue weighted by Gasteiger charge is -2.06. The molecule has 1 aromatic heterocycles. The first-order valence-corrected chi connectivity index (χ1v) is 6.77. The van der Waals surface area contributed by atoms with E-state index in [0.717, 1.165) is 22.9 Å². The maximum Gasteiger partial charge on any atom is 0.255 e. The highest BCUT2D eigenvalue weighted by Gasteiger charge is 2.12. The van der Waals surface area contributed by atoms with Gasteiger partial charge in [-0.3, -0.25) is 4.79 Å². The van der Waals surface area contributed by atoms with Crippen LogP contribution in [0.5, 0.6) is 0 Å². The van der Waals surface area contributed by atoms with Gasteiger partial charge in [0.25, 0.3) is 5.91 Å². The number of hydrogen-bond acceptors (Lipinski definition) is 4. The first-order chi connectivity index (χ1) is 10.0. The van der Waals surface area contributed by atoms with E-state index in [0.29, 0.717) is 16.2 Å². The molecule has 0 aliphatic carbocycles. The molecule has 0 bridgehead atoms. The molecule has 1 heterocycles. The Morgan fingerprint density at radius 3 is 2.81 bits per heavy atom. The number of hydrogen-bond donors (Lipinski definition) is 2. The molecule has 0 spiro atoms. The third-order valence-corrected chi connectivity index (χ3v) is 3.69. The van der Waals surface area contributed by atoms with E-state index in [9.17, 15) is 13.6 Å². The largest absolute Gasteiger partial charge is 0.375 e. The van der Waals surface area contributed by atoms with Crippen LogP contribution in [-0.4, -0.2) is 10.9 Å². The first-order valence-electron chi connectivity index (χ1n) is 5.95. The van der Waals surface area contributed by atoms with Gasteiger partial charge in [0, 0.05) is 11.6 Å². The lowest BCUT2D eigenvalue weighted by Crippen LogP contribution is -2.13. The smallest absolute Gasteiger partial charge is 0.255 e. The normalized spacial score (nSPS) is 10.8. The monoisotopic (exact) mass is 305 g/mol. The number of carbonyl (C=O) groups excluding carboxylic acids is 1. The Bertz CT molecular complexity index is 847. The van der Waals surface area contributed by atoms with Crippen LogP contribution in [0, 0.1) is 11.6 Å². The molecule has 0 aliphatic heterocycles. The molecule has 3 aromatic rings. The molecule has 21 heavy (non-hydrogen) atoms. The Labute approximate surface area is 122 Å². The number of aromatic nitrogens is 1. The summed E-state index contributed by atoms with van der Waals surface area (Å²) < 4.78 is 27.3. The zero-order chi connectivity index (χ0) is 15.0. The average Bonchev–Trinajstić information content (AvgIpc) is 2.81. The lowest BCUT2D eigenvalue weighted by atomic mass is 10.2. The molecule has 3 rings (SSSR count). The number of nitrogens with one attached hydrogen (secondary N) is 1. The molecular weight excluding hydrogens is 296 g/mol. The van der Waals surface area contributed by atoms with Crippen LogP contribution in [0.15, 0.2) is 36.4 Å². The Morgan fingerprint density at radius 1 is 1.19 bits per heavy atom. The Morgan fingerprint density at radius 2 is 2.00 bits per heavy atom. The molecule has 2 aromatic carbocycles. The van der Waals surface area contributed by atoms with Gasteiger partial charge in [0.1, 0.15) is 11.6 Å². The van der Waals surface area contributed by atoms with Gasteiger partial charge in [-0.1, -0.05) is 11.3 Å². The third kappa shape index (κ3) is 2.68. The van der Waals surface area contributed by atoms with Gasteiger partial charge in [0.05, 0.1) is 15.9 Å². The minimum absolute atomic E-state index is 0.205. The van der Waals surface area contributed by atoms with Crippen molar-refractivity contribution in [3.8, 4) is 0 Å². The third-order valence-electron chi connectivity index (χ3n) is 2.84. The highest BCUT2D eigenvalue weighted by Crippen LogP contribution is 2.25. The van der Waals surface area contributed by atoms with Crippen molar-refractivity contribution in [2.24, 2.45) is 0 Å². The lowest BCUT2D eigenvalue weighted by molar-refractivity contribution is 0.102. The molecule has 4 nitrogen and oxygen atoms in total. The summed E-state index contributed by atoms with van der Waals surface area (Å²) >= 11 is 1.25. The van der Waals surface area contributed by atoms with Crippen LogP contribution in [0.4, 0.5) is 19.6 Å². The SMILES string of the molecule is Nc1nc2ccc(C(=O)Nc3cc(F)ccc3F)cc2s1. The van der Waals surface area contributed by atoms with E-state index >= 15 is 0 Å².